The van der Waals surface area contributed by atoms with E-state index in [1.807, 2.05) is 0 Å². The van der Waals surface area contributed by atoms with Crippen LogP contribution in [-0.2, 0) is 4.74 Å². The predicted octanol–water partition coefficient (Wildman–Crippen LogP) is 1.12. The Morgan fingerprint density at radius 3 is 2.81 bits per heavy atom. The van der Waals surface area contributed by atoms with Crippen LogP contribution in [0.4, 0.5) is 0 Å². The number of rotatable bonds is 3. The van der Waals surface area contributed by atoms with Gasteiger partial charge in [-0.15, -0.1) is 0 Å². The van der Waals surface area contributed by atoms with Gasteiger partial charge in [0, 0.05) is 25.8 Å². The summed E-state index contributed by atoms with van der Waals surface area (Å²) < 4.78 is 5.40. The highest BCUT2D eigenvalue weighted by Gasteiger charge is 2.53. The van der Waals surface area contributed by atoms with Crippen molar-refractivity contribution >= 4 is 5.96 Å². The molecule has 4 heteroatoms. The van der Waals surface area contributed by atoms with Gasteiger partial charge in [-0.1, -0.05) is 0 Å². The number of hydrogen-bond donors (Lipinski definition) is 2. The Balaban J connectivity index is 1.76. The van der Waals surface area contributed by atoms with E-state index in [2.05, 4.69) is 24.2 Å². The molecule has 2 fully saturated rings. The highest BCUT2D eigenvalue weighted by atomic mass is 16.5. The average Bonchev–Trinajstić information content (AvgIpc) is 2.88. The van der Waals surface area contributed by atoms with E-state index in [-0.39, 0.29) is 0 Å². The van der Waals surface area contributed by atoms with Gasteiger partial charge in [-0.2, -0.15) is 0 Å². The lowest BCUT2D eigenvalue weighted by atomic mass is 9.94. The number of nitrogens with two attached hydrogens (primary N) is 1. The van der Waals surface area contributed by atoms with Crippen LogP contribution in [0.15, 0.2) is 4.99 Å². The third-order valence-corrected chi connectivity index (χ3v) is 3.77. The van der Waals surface area contributed by atoms with E-state index in [1.54, 1.807) is 0 Å². The maximum absolute atomic E-state index is 5.78. The van der Waals surface area contributed by atoms with Crippen LogP contribution in [0.5, 0.6) is 0 Å². The van der Waals surface area contributed by atoms with Crippen molar-refractivity contribution < 1.29 is 4.74 Å². The molecule has 2 aliphatic rings. The molecule has 0 radical (unpaired) electrons. The van der Waals surface area contributed by atoms with E-state index < -0.39 is 0 Å². The minimum atomic E-state index is 0.361. The lowest BCUT2D eigenvalue weighted by Gasteiger charge is -2.22. The monoisotopic (exact) mass is 225 g/mol. The molecular weight excluding hydrogens is 202 g/mol. The Morgan fingerprint density at radius 2 is 2.19 bits per heavy atom. The molecule has 3 N–H and O–H groups in total. The van der Waals surface area contributed by atoms with Crippen molar-refractivity contribution in [2.75, 3.05) is 19.8 Å². The Kier molecular flexibility index (Phi) is 3.38. The number of aliphatic imine (C=N–C) groups is 1. The molecule has 0 amide bonds. The maximum Gasteiger partial charge on any atom is 0.188 e. The Morgan fingerprint density at radius 1 is 1.50 bits per heavy atom. The summed E-state index contributed by atoms with van der Waals surface area (Å²) in [4.78, 5) is 4.42. The van der Waals surface area contributed by atoms with Gasteiger partial charge in [0.15, 0.2) is 5.96 Å². The molecule has 1 saturated carbocycles. The van der Waals surface area contributed by atoms with Gasteiger partial charge in [0.2, 0.25) is 0 Å². The van der Waals surface area contributed by atoms with Crippen LogP contribution < -0.4 is 11.1 Å². The zero-order chi connectivity index (χ0) is 11.6. The summed E-state index contributed by atoms with van der Waals surface area (Å²) in [6.45, 7) is 6.88. The number of ether oxygens (including phenoxy) is 1. The van der Waals surface area contributed by atoms with Crippen LogP contribution in [0, 0.1) is 11.3 Å². The van der Waals surface area contributed by atoms with Crippen molar-refractivity contribution in [1.29, 1.82) is 0 Å². The highest BCUT2D eigenvalue weighted by molar-refractivity contribution is 5.78. The minimum absolute atomic E-state index is 0.361. The minimum Gasteiger partial charge on any atom is -0.381 e. The molecule has 1 saturated heterocycles. The molecule has 16 heavy (non-hydrogen) atoms. The molecule has 0 bridgehead atoms. The largest absolute Gasteiger partial charge is 0.381 e. The maximum atomic E-state index is 5.78. The van der Waals surface area contributed by atoms with E-state index >= 15 is 0 Å². The lowest BCUT2D eigenvalue weighted by molar-refractivity contribution is 0.0525. The van der Waals surface area contributed by atoms with Crippen molar-refractivity contribution in [3.05, 3.63) is 0 Å². The molecule has 1 unspecified atom stereocenters. The molecule has 1 aliphatic heterocycles. The fourth-order valence-electron chi connectivity index (χ4n) is 2.63. The molecule has 1 spiro atoms. The van der Waals surface area contributed by atoms with Crippen LogP contribution in [-0.4, -0.2) is 31.8 Å². The summed E-state index contributed by atoms with van der Waals surface area (Å²) in [5, 5.41) is 3.12. The first-order chi connectivity index (χ1) is 7.62. The normalized spacial score (nSPS) is 28.4. The topological polar surface area (TPSA) is 59.6 Å². The standard InChI is InChI=1S/C12H23N3O/c1-9(2)15-11(13)14-8-10-7-12(10)3-5-16-6-4-12/h9-10H,3-8H2,1-2H3,(H3,13,14,15). The lowest BCUT2D eigenvalue weighted by Crippen LogP contribution is -2.37. The summed E-state index contributed by atoms with van der Waals surface area (Å²) in [6.07, 6.45) is 3.74. The second-order valence-electron chi connectivity index (χ2n) is 5.40. The SMILES string of the molecule is CC(C)NC(N)=NCC1CC12CCOCC2. The van der Waals surface area contributed by atoms with Crippen LogP contribution in [0.3, 0.4) is 0 Å². The smallest absolute Gasteiger partial charge is 0.188 e. The molecule has 92 valence electrons. The zero-order valence-electron chi connectivity index (χ0n) is 10.3. The van der Waals surface area contributed by atoms with Crippen molar-refractivity contribution in [1.82, 2.24) is 5.32 Å². The van der Waals surface area contributed by atoms with Crippen molar-refractivity contribution in [2.45, 2.75) is 39.2 Å². The van der Waals surface area contributed by atoms with E-state index in [4.69, 9.17) is 10.5 Å². The first kappa shape index (κ1) is 11.7. The predicted molar refractivity (Wildman–Crippen MR) is 65.4 cm³/mol. The van der Waals surface area contributed by atoms with Crippen LogP contribution in [0.25, 0.3) is 0 Å². The molecule has 1 heterocycles. The van der Waals surface area contributed by atoms with Crippen molar-refractivity contribution in [2.24, 2.45) is 22.1 Å². The molecule has 0 aromatic heterocycles. The summed E-state index contributed by atoms with van der Waals surface area (Å²) in [5.41, 5.74) is 6.34. The Labute approximate surface area is 97.6 Å². The van der Waals surface area contributed by atoms with Crippen LogP contribution in [0.1, 0.15) is 33.1 Å². The average molecular weight is 225 g/mol. The van der Waals surface area contributed by atoms with Crippen molar-refractivity contribution in [3.63, 3.8) is 0 Å². The van der Waals surface area contributed by atoms with E-state index in [0.717, 1.165) is 25.7 Å². The Bertz CT molecular complexity index is 269. The summed E-state index contributed by atoms with van der Waals surface area (Å²) in [5.74, 6) is 1.33. The number of guanidine groups is 1. The summed E-state index contributed by atoms with van der Waals surface area (Å²) >= 11 is 0. The molecule has 0 aromatic rings. The van der Waals surface area contributed by atoms with Crippen LogP contribution in [0.2, 0.25) is 0 Å². The number of hydrogen-bond acceptors (Lipinski definition) is 2. The fourth-order valence-corrected chi connectivity index (χ4v) is 2.63. The molecule has 1 atom stereocenters. The van der Waals surface area contributed by atoms with Gasteiger partial charge in [0.25, 0.3) is 0 Å². The molecule has 1 aliphatic carbocycles. The molecule has 2 rings (SSSR count). The molecule has 4 nitrogen and oxygen atoms in total. The van der Waals surface area contributed by atoms with E-state index in [0.29, 0.717) is 17.4 Å². The fraction of sp³-hybridized carbons (Fsp3) is 0.917. The third-order valence-electron chi connectivity index (χ3n) is 3.77. The van der Waals surface area contributed by atoms with E-state index in [1.165, 1.54) is 19.3 Å². The molecular formula is C12H23N3O. The third kappa shape index (κ3) is 2.67. The molecule has 0 aromatic carbocycles. The van der Waals surface area contributed by atoms with Gasteiger partial charge >= 0.3 is 0 Å². The van der Waals surface area contributed by atoms with Gasteiger partial charge in [0.1, 0.15) is 0 Å². The number of nitrogens with one attached hydrogen (secondary N) is 1. The first-order valence-electron chi connectivity index (χ1n) is 6.27. The Hall–Kier alpha value is -0.770. The van der Waals surface area contributed by atoms with Gasteiger partial charge < -0.3 is 15.8 Å². The van der Waals surface area contributed by atoms with Crippen LogP contribution >= 0.6 is 0 Å². The first-order valence-corrected chi connectivity index (χ1v) is 6.27. The second kappa shape index (κ2) is 4.62. The van der Waals surface area contributed by atoms with Gasteiger partial charge in [0.05, 0.1) is 0 Å². The summed E-state index contributed by atoms with van der Waals surface area (Å²) in [7, 11) is 0. The second-order valence-corrected chi connectivity index (χ2v) is 5.40. The van der Waals surface area contributed by atoms with Crippen molar-refractivity contribution in [3.8, 4) is 0 Å². The summed E-state index contributed by atoms with van der Waals surface area (Å²) in [6, 6.07) is 0.361. The van der Waals surface area contributed by atoms with Gasteiger partial charge in [-0.25, -0.2) is 0 Å². The quantitative estimate of drug-likeness (QED) is 0.559. The van der Waals surface area contributed by atoms with E-state index in [9.17, 15) is 0 Å². The zero-order valence-corrected chi connectivity index (χ0v) is 10.3. The highest BCUT2D eigenvalue weighted by Crippen LogP contribution is 2.59. The van der Waals surface area contributed by atoms with Gasteiger partial charge in [-0.3, -0.25) is 4.99 Å². The number of nitrogens with zero attached hydrogens (tertiary/aromatic N) is 1. The van der Waals surface area contributed by atoms with Gasteiger partial charge in [-0.05, 0) is 44.4 Å².